The Morgan fingerprint density at radius 3 is 2.65 bits per heavy atom. The molecule has 0 aliphatic carbocycles. The molecule has 6 heteroatoms. The molecule has 0 aliphatic rings. The molecule has 1 aromatic carbocycles. The minimum atomic E-state index is -0.469. The zero-order valence-corrected chi connectivity index (χ0v) is 11.6. The Morgan fingerprint density at radius 1 is 1.47 bits per heavy atom. The fourth-order valence-corrected chi connectivity index (χ4v) is 1.86. The SMILES string of the molecule is CCOC(=O)C[C@@H](N)c1ccc(Cl)cc1Cl.Cl. The van der Waals surface area contributed by atoms with Gasteiger partial charge in [-0.3, -0.25) is 4.79 Å². The lowest BCUT2D eigenvalue weighted by molar-refractivity contribution is -0.143. The molecule has 0 aliphatic heterocycles. The van der Waals surface area contributed by atoms with Crippen LogP contribution in [0.1, 0.15) is 24.9 Å². The van der Waals surface area contributed by atoms with Gasteiger partial charge in [0.25, 0.3) is 0 Å². The van der Waals surface area contributed by atoms with E-state index < -0.39 is 6.04 Å². The highest BCUT2D eigenvalue weighted by Gasteiger charge is 2.15. The van der Waals surface area contributed by atoms with Gasteiger partial charge >= 0.3 is 5.97 Å². The van der Waals surface area contributed by atoms with Gasteiger partial charge < -0.3 is 10.5 Å². The molecule has 0 aromatic heterocycles. The van der Waals surface area contributed by atoms with Gasteiger partial charge in [-0.1, -0.05) is 29.3 Å². The number of hydrogen-bond acceptors (Lipinski definition) is 3. The third-order valence-electron chi connectivity index (χ3n) is 2.05. The molecule has 0 saturated carbocycles. The van der Waals surface area contributed by atoms with Crippen molar-refractivity contribution in [1.29, 1.82) is 0 Å². The summed E-state index contributed by atoms with van der Waals surface area (Å²) >= 11 is 11.7. The smallest absolute Gasteiger partial charge is 0.307 e. The second-order valence-corrected chi connectivity index (χ2v) is 4.13. The van der Waals surface area contributed by atoms with Gasteiger partial charge in [0.1, 0.15) is 0 Å². The van der Waals surface area contributed by atoms with Crippen LogP contribution in [0.3, 0.4) is 0 Å². The minimum absolute atomic E-state index is 0. The molecule has 0 spiro atoms. The highest BCUT2D eigenvalue weighted by molar-refractivity contribution is 6.35. The zero-order valence-electron chi connectivity index (χ0n) is 9.28. The summed E-state index contributed by atoms with van der Waals surface area (Å²) in [6.45, 7) is 2.10. The lowest BCUT2D eigenvalue weighted by Gasteiger charge is -2.12. The lowest BCUT2D eigenvalue weighted by atomic mass is 10.1. The van der Waals surface area contributed by atoms with E-state index in [1.807, 2.05) is 0 Å². The molecule has 3 nitrogen and oxygen atoms in total. The Kier molecular flexibility index (Phi) is 7.55. The van der Waals surface area contributed by atoms with Crippen LogP contribution >= 0.6 is 35.6 Å². The van der Waals surface area contributed by atoms with Gasteiger partial charge in [0.2, 0.25) is 0 Å². The fraction of sp³-hybridized carbons (Fsp3) is 0.364. The Bertz CT molecular complexity index is 385. The van der Waals surface area contributed by atoms with Gasteiger partial charge in [-0.25, -0.2) is 0 Å². The Morgan fingerprint density at radius 2 is 2.12 bits per heavy atom. The first kappa shape index (κ1) is 16.5. The zero-order chi connectivity index (χ0) is 12.1. The molecule has 17 heavy (non-hydrogen) atoms. The largest absolute Gasteiger partial charge is 0.466 e. The van der Waals surface area contributed by atoms with E-state index in [9.17, 15) is 4.79 Å². The Labute approximate surface area is 117 Å². The standard InChI is InChI=1S/C11H13Cl2NO2.ClH/c1-2-16-11(15)6-10(14)8-4-3-7(12)5-9(8)13;/h3-5,10H,2,6,14H2,1H3;1H/t10-;/m1./s1. The molecule has 0 bridgehead atoms. The van der Waals surface area contributed by atoms with Crippen LogP contribution in [-0.2, 0) is 9.53 Å². The first-order valence-electron chi connectivity index (χ1n) is 4.90. The molecule has 1 atom stereocenters. The van der Waals surface area contributed by atoms with E-state index in [4.69, 9.17) is 33.7 Å². The van der Waals surface area contributed by atoms with Crippen LogP contribution in [-0.4, -0.2) is 12.6 Å². The van der Waals surface area contributed by atoms with Crippen molar-refractivity contribution < 1.29 is 9.53 Å². The van der Waals surface area contributed by atoms with E-state index in [0.29, 0.717) is 22.2 Å². The van der Waals surface area contributed by atoms with Gasteiger partial charge in [-0.05, 0) is 24.6 Å². The molecule has 0 heterocycles. The Hall–Kier alpha value is -0.480. The van der Waals surface area contributed by atoms with E-state index >= 15 is 0 Å². The number of rotatable bonds is 4. The van der Waals surface area contributed by atoms with Crippen molar-refractivity contribution in [2.24, 2.45) is 5.73 Å². The van der Waals surface area contributed by atoms with Crippen LogP contribution in [0.25, 0.3) is 0 Å². The highest BCUT2D eigenvalue weighted by Crippen LogP contribution is 2.26. The maximum absolute atomic E-state index is 11.2. The number of carbonyl (C=O) groups is 1. The quantitative estimate of drug-likeness (QED) is 0.867. The van der Waals surface area contributed by atoms with Gasteiger partial charge in [0, 0.05) is 16.1 Å². The second-order valence-electron chi connectivity index (χ2n) is 3.28. The summed E-state index contributed by atoms with van der Waals surface area (Å²) in [6, 6.07) is 4.54. The van der Waals surface area contributed by atoms with Gasteiger partial charge in [-0.2, -0.15) is 0 Å². The van der Waals surface area contributed by atoms with E-state index in [0.717, 1.165) is 0 Å². The summed E-state index contributed by atoms with van der Waals surface area (Å²) in [7, 11) is 0. The van der Waals surface area contributed by atoms with Crippen LogP contribution in [0, 0.1) is 0 Å². The van der Waals surface area contributed by atoms with E-state index in [1.165, 1.54) is 0 Å². The van der Waals surface area contributed by atoms with Crippen molar-refractivity contribution in [1.82, 2.24) is 0 Å². The summed E-state index contributed by atoms with van der Waals surface area (Å²) < 4.78 is 4.81. The van der Waals surface area contributed by atoms with Crippen molar-refractivity contribution in [3.05, 3.63) is 33.8 Å². The van der Waals surface area contributed by atoms with Gasteiger partial charge in [-0.15, -0.1) is 12.4 Å². The van der Waals surface area contributed by atoms with Crippen LogP contribution in [0.5, 0.6) is 0 Å². The molecule has 1 aromatic rings. The number of esters is 1. The number of nitrogens with two attached hydrogens (primary N) is 1. The molecular weight excluding hydrogens is 284 g/mol. The predicted octanol–water partition coefficient (Wildman–Crippen LogP) is 3.37. The number of halogens is 3. The topological polar surface area (TPSA) is 52.3 Å². The maximum atomic E-state index is 11.2. The minimum Gasteiger partial charge on any atom is -0.466 e. The van der Waals surface area contributed by atoms with Crippen molar-refractivity contribution in [2.75, 3.05) is 6.61 Å². The first-order valence-corrected chi connectivity index (χ1v) is 5.66. The van der Waals surface area contributed by atoms with E-state index in [1.54, 1.807) is 25.1 Å². The number of ether oxygens (including phenoxy) is 1. The fourth-order valence-electron chi connectivity index (χ4n) is 1.31. The van der Waals surface area contributed by atoms with Crippen molar-refractivity contribution in [3.8, 4) is 0 Å². The second kappa shape index (κ2) is 7.77. The third-order valence-corrected chi connectivity index (χ3v) is 2.62. The highest BCUT2D eigenvalue weighted by atomic mass is 35.5. The molecule has 0 radical (unpaired) electrons. The van der Waals surface area contributed by atoms with Crippen LogP contribution in [0.15, 0.2) is 18.2 Å². The number of carbonyl (C=O) groups excluding carboxylic acids is 1. The van der Waals surface area contributed by atoms with Crippen molar-refractivity contribution in [3.63, 3.8) is 0 Å². The monoisotopic (exact) mass is 297 g/mol. The first-order chi connectivity index (χ1) is 7.54. The van der Waals surface area contributed by atoms with E-state index in [2.05, 4.69) is 0 Å². The molecule has 0 unspecified atom stereocenters. The molecule has 0 amide bonds. The van der Waals surface area contributed by atoms with Gasteiger partial charge in [0.15, 0.2) is 0 Å². The molecule has 0 fully saturated rings. The summed E-state index contributed by atoms with van der Waals surface area (Å²) in [5.74, 6) is -0.332. The van der Waals surface area contributed by atoms with E-state index in [-0.39, 0.29) is 24.8 Å². The van der Waals surface area contributed by atoms with Crippen molar-refractivity contribution >= 4 is 41.6 Å². The molecule has 1 rings (SSSR count). The number of hydrogen-bond donors (Lipinski definition) is 1. The maximum Gasteiger partial charge on any atom is 0.307 e. The van der Waals surface area contributed by atoms with Crippen molar-refractivity contribution in [2.45, 2.75) is 19.4 Å². The van der Waals surface area contributed by atoms with Crippen LogP contribution in [0.4, 0.5) is 0 Å². The molecular formula is C11H14Cl3NO2. The van der Waals surface area contributed by atoms with Crippen LogP contribution in [0.2, 0.25) is 10.0 Å². The summed E-state index contributed by atoms with van der Waals surface area (Å²) in [5, 5.41) is 1.00. The third kappa shape index (κ3) is 5.13. The average molecular weight is 299 g/mol. The number of benzene rings is 1. The predicted molar refractivity (Wildman–Crippen MR) is 71.9 cm³/mol. The lowest BCUT2D eigenvalue weighted by Crippen LogP contribution is -2.17. The normalized spacial score (nSPS) is 11.5. The summed E-state index contributed by atoms with van der Waals surface area (Å²) in [5.41, 5.74) is 6.54. The molecule has 2 N–H and O–H groups in total. The van der Waals surface area contributed by atoms with Gasteiger partial charge in [0.05, 0.1) is 13.0 Å². The Balaban J connectivity index is 0.00000256. The average Bonchev–Trinajstić information content (AvgIpc) is 2.17. The summed E-state index contributed by atoms with van der Waals surface area (Å²) in [6.07, 6.45) is 0.106. The van der Waals surface area contributed by atoms with Crippen LogP contribution < -0.4 is 5.73 Å². The molecule has 0 saturated heterocycles. The molecule has 96 valence electrons. The summed E-state index contributed by atoms with van der Waals surface area (Å²) in [4.78, 5) is 11.2.